The van der Waals surface area contributed by atoms with Crippen molar-refractivity contribution in [2.24, 2.45) is 0 Å². The molecule has 0 saturated carbocycles. The molecule has 7 nitrogen and oxygen atoms in total. The van der Waals surface area contributed by atoms with E-state index < -0.39 is 29.1 Å². The molecule has 0 saturated heterocycles. The van der Waals surface area contributed by atoms with Crippen LogP contribution in [0, 0.1) is 11.6 Å². The zero-order valence-corrected chi connectivity index (χ0v) is 15.0. The maximum atomic E-state index is 13.7. The summed E-state index contributed by atoms with van der Waals surface area (Å²) in [6, 6.07) is 12.4. The predicted molar refractivity (Wildman–Crippen MR) is 97.9 cm³/mol. The number of benzene rings is 2. The molecule has 1 aromatic heterocycles. The Hall–Kier alpha value is -3.62. The van der Waals surface area contributed by atoms with Gasteiger partial charge in [-0.3, -0.25) is 9.59 Å². The average molecular weight is 385 g/mol. The van der Waals surface area contributed by atoms with Crippen molar-refractivity contribution < 1.29 is 18.4 Å². The number of para-hydroxylation sites is 2. The molecule has 2 amide bonds. The number of likely N-dealkylation sites (N-methyl/N-ethyl adjacent to an activating group) is 1. The molecule has 0 atom stereocenters. The molecule has 3 rings (SSSR count). The molecule has 0 bridgehead atoms. The van der Waals surface area contributed by atoms with Gasteiger partial charge in [-0.05, 0) is 31.2 Å². The van der Waals surface area contributed by atoms with Gasteiger partial charge in [0.05, 0.1) is 11.9 Å². The summed E-state index contributed by atoms with van der Waals surface area (Å²) in [5, 5.41) is 9.92. The highest BCUT2D eigenvalue weighted by atomic mass is 19.1. The molecular weight excluding hydrogens is 368 g/mol. The second kappa shape index (κ2) is 8.38. The number of amides is 2. The standard InChI is InChI=1S/C19H17F2N5O2/c1-2-25(12-17(27)22-18-14(20)9-6-10-15(18)21)19(28)16-11-26(24-23-16)13-7-4-3-5-8-13/h3-11H,2,12H2,1H3,(H,22,27). The fourth-order valence-corrected chi connectivity index (χ4v) is 2.53. The predicted octanol–water partition coefficient (Wildman–Crippen LogP) is 2.65. The molecule has 0 aliphatic heterocycles. The molecule has 144 valence electrons. The van der Waals surface area contributed by atoms with Crippen molar-refractivity contribution in [2.45, 2.75) is 6.92 Å². The Kier molecular flexibility index (Phi) is 5.73. The van der Waals surface area contributed by atoms with Crippen LogP contribution in [0.4, 0.5) is 14.5 Å². The molecule has 28 heavy (non-hydrogen) atoms. The van der Waals surface area contributed by atoms with Crippen LogP contribution in [0.5, 0.6) is 0 Å². The Morgan fingerprint density at radius 2 is 1.75 bits per heavy atom. The highest BCUT2D eigenvalue weighted by molar-refractivity contribution is 5.98. The topological polar surface area (TPSA) is 80.1 Å². The summed E-state index contributed by atoms with van der Waals surface area (Å²) in [6.45, 7) is 1.49. The number of rotatable bonds is 6. The van der Waals surface area contributed by atoms with Crippen molar-refractivity contribution >= 4 is 17.5 Å². The molecule has 0 unspecified atom stereocenters. The normalized spacial score (nSPS) is 10.5. The van der Waals surface area contributed by atoms with E-state index in [0.717, 1.165) is 17.8 Å². The number of hydrogen-bond acceptors (Lipinski definition) is 4. The summed E-state index contributed by atoms with van der Waals surface area (Å²) in [6.07, 6.45) is 1.45. The van der Waals surface area contributed by atoms with Gasteiger partial charge in [-0.25, -0.2) is 13.5 Å². The van der Waals surface area contributed by atoms with E-state index in [2.05, 4.69) is 15.6 Å². The number of halogens is 2. The largest absolute Gasteiger partial charge is 0.328 e. The SMILES string of the molecule is CCN(CC(=O)Nc1c(F)cccc1F)C(=O)c1cn(-c2ccccc2)nn1. The molecule has 1 N–H and O–H groups in total. The summed E-state index contributed by atoms with van der Waals surface area (Å²) in [5.41, 5.74) is 0.228. The van der Waals surface area contributed by atoms with E-state index >= 15 is 0 Å². The summed E-state index contributed by atoms with van der Waals surface area (Å²) < 4.78 is 28.8. The molecule has 3 aromatic rings. The first-order valence-electron chi connectivity index (χ1n) is 8.50. The summed E-state index contributed by atoms with van der Waals surface area (Å²) in [5.74, 6) is -3.04. The summed E-state index contributed by atoms with van der Waals surface area (Å²) in [7, 11) is 0. The first-order valence-corrected chi connectivity index (χ1v) is 8.50. The molecule has 0 fully saturated rings. The van der Waals surface area contributed by atoms with Crippen molar-refractivity contribution in [2.75, 3.05) is 18.4 Å². The highest BCUT2D eigenvalue weighted by Gasteiger charge is 2.22. The zero-order chi connectivity index (χ0) is 20.1. The highest BCUT2D eigenvalue weighted by Crippen LogP contribution is 2.18. The van der Waals surface area contributed by atoms with E-state index in [-0.39, 0.29) is 18.8 Å². The Labute approximate surface area is 159 Å². The lowest BCUT2D eigenvalue weighted by Gasteiger charge is -2.19. The molecular formula is C19H17F2N5O2. The number of nitrogens with zero attached hydrogens (tertiary/aromatic N) is 4. The quantitative estimate of drug-likeness (QED) is 0.707. The van der Waals surface area contributed by atoms with Crippen LogP contribution in [0.2, 0.25) is 0 Å². The first kappa shape index (κ1) is 19.2. The minimum Gasteiger partial charge on any atom is -0.328 e. The Balaban J connectivity index is 1.70. The summed E-state index contributed by atoms with van der Waals surface area (Å²) in [4.78, 5) is 26.0. The number of carbonyl (C=O) groups is 2. The van der Waals surface area contributed by atoms with E-state index in [0.29, 0.717) is 0 Å². The fraction of sp³-hybridized carbons (Fsp3) is 0.158. The van der Waals surface area contributed by atoms with Crippen LogP contribution in [0.15, 0.2) is 54.7 Å². The molecule has 0 aliphatic rings. The van der Waals surface area contributed by atoms with Crippen LogP contribution in [0.1, 0.15) is 17.4 Å². The van der Waals surface area contributed by atoms with Gasteiger partial charge in [0.2, 0.25) is 5.91 Å². The third-order valence-electron chi connectivity index (χ3n) is 3.96. The maximum Gasteiger partial charge on any atom is 0.276 e. The van der Waals surface area contributed by atoms with Gasteiger partial charge in [0.1, 0.15) is 23.9 Å². The molecule has 9 heteroatoms. The Morgan fingerprint density at radius 3 is 2.39 bits per heavy atom. The van der Waals surface area contributed by atoms with Crippen LogP contribution in [-0.2, 0) is 4.79 Å². The van der Waals surface area contributed by atoms with Crippen molar-refractivity contribution in [3.63, 3.8) is 0 Å². The molecule has 1 heterocycles. The third kappa shape index (κ3) is 4.20. The van der Waals surface area contributed by atoms with Crippen LogP contribution < -0.4 is 5.32 Å². The number of anilines is 1. The molecule has 0 aliphatic carbocycles. The minimum absolute atomic E-state index is 0.0515. The van der Waals surface area contributed by atoms with Crippen molar-refractivity contribution in [1.29, 1.82) is 0 Å². The van der Waals surface area contributed by atoms with Gasteiger partial charge in [-0.2, -0.15) is 0 Å². The van der Waals surface area contributed by atoms with Gasteiger partial charge >= 0.3 is 0 Å². The second-order valence-electron chi connectivity index (χ2n) is 5.85. The van der Waals surface area contributed by atoms with Crippen LogP contribution >= 0.6 is 0 Å². The van der Waals surface area contributed by atoms with Gasteiger partial charge < -0.3 is 10.2 Å². The number of nitrogens with one attached hydrogen (secondary N) is 1. The van der Waals surface area contributed by atoms with E-state index in [1.165, 1.54) is 21.8 Å². The zero-order valence-electron chi connectivity index (χ0n) is 15.0. The monoisotopic (exact) mass is 385 g/mol. The number of hydrogen-bond donors (Lipinski definition) is 1. The van der Waals surface area contributed by atoms with E-state index in [1.54, 1.807) is 19.1 Å². The Morgan fingerprint density at radius 1 is 1.07 bits per heavy atom. The van der Waals surface area contributed by atoms with Crippen LogP contribution in [0.25, 0.3) is 5.69 Å². The van der Waals surface area contributed by atoms with Crippen molar-refractivity contribution in [3.8, 4) is 5.69 Å². The molecule has 0 radical (unpaired) electrons. The smallest absolute Gasteiger partial charge is 0.276 e. The average Bonchev–Trinajstić information content (AvgIpc) is 3.19. The lowest BCUT2D eigenvalue weighted by atomic mass is 10.3. The van der Waals surface area contributed by atoms with Gasteiger partial charge in [0.25, 0.3) is 5.91 Å². The number of aromatic nitrogens is 3. The van der Waals surface area contributed by atoms with E-state index in [9.17, 15) is 18.4 Å². The van der Waals surface area contributed by atoms with Crippen molar-refractivity contribution in [1.82, 2.24) is 19.9 Å². The van der Waals surface area contributed by atoms with Gasteiger partial charge in [-0.1, -0.05) is 29.5 Å². The lowest BCUT2D eigenvalue weighted by Crippen LogP contribution is -2.38. The van der Waals surface area contributed by atoms with E-state index in [4.69, 9.17) is 0 Å². The maximum absolute atomic E-state index is 13.7. The van der Waals surface area contributed by atoms with Crippen LogP contribution in [0.3, 0.4) is 0 Å². The van der Waals surface area contributed by atoms with Gasteiger partial charge in [-0.15, -0.1) is 5.10 Å². The molecule has 2 aromatic carbocycles. The second-order valence-corrected chi connectivity index (χ2v) is 5.85. The first-order chi connectivity index (χ1) is 13.5. The third-order valence-corrected chi connectivity index (χ3v) is 3.96. The summed E-state index contributed by atoms with van der Waals surface area (Å²) >= 11 is 0. The van der Waals surface area contributed by atoms with Gasteiger partial charge in [0, 0.05) is 6.54 Å². The fourth-order valence-electron chi connectivity index (χ4n) is 2.53. The number of carbonyl (C=O) groups excluding carboxylic acids is 2. The van der Waals surface area contributed by atoms with Crippen molar-refractivity contribution in [3.05, 3.63) is 72.1 Å². The van der Waals surface area contributed by atoms with E-state index in [1.807, 2.05) is 18.2 Å². The molecule has 0 spiro atoms. The minimum atomic E-state index is -0.895. The van der Waals surface area contributed by atoms with Crippen LogP contribution in [-0.4, -0.2) is 44.8 Å². The van der Waals surface area contributed by atoms with Gasteiger partial charge in [0.15, 0.2) is 5.69 Å². The Bertz CT molecular complexity index is 971. The lowest BCUT2D eigenvalue weighted by molar-refractivity contribution is -0.116.